The molecule has 2 aromatic carbocycles. The first-order valence-corrected chi connectivity index (χ1v) is 7.28. The first-order chi connectivity index (χ1) is 12.0. The largest absolute Gasteiger partial charge is 0.496 e. The van der Waals surface area contributed by atoms with E-state index in [1.54, 1.807) is 37.6 Å². The SMILES string of the molecule is COc1ccc(B(O)O)cc1-c1ccc2nccc(N)c2c1.O=CO. The van der Waals surface area contributed by atoms with Gasteiger partial charge in [0.25, 0.3) is 6.47 Å². The Morgan fingerprint density at radius 1 is 1.16 bits per heavy atom. The monoisotopic (exact) mass is 340 g/mol. The number of fused-ring (bicyclic) bond motifs is 1. The molecule has 0 amide bonds. The van der Waals surface area contributed by atoms with E-state index in [0.717, 1.165) is 22.0 Å². The maximum Gasteiger partial charge on any atom is 0.488 e. The molecule has 7 nitrogen and oxygen atoms in total. The van der Waals surface area contributed by atoms with Crippen molar-refractivity contribution in [3.63, 3.8) is 0 Å². The molecule has 128 valence electrons. The average molecular weight is 340 g/mol. The molecule has 8 heteroatoms. The van der Waals surface area contributed by atoms with Crippen LogP contribution in [0.5, 0.6) is 5.75 Å². The molecule has 5 N–H and O–H groups in total. The van der Waals surface area contributed by atoms with Gasteiger partial charge < -0.3 is 25.6 Å². The predicted molar refractivity (Wildman–Crippen MR) is 96.7 cm³/mol. The third-order valence-corrected chi connectivity index (χ3v) is 3.61. The number of methoxy groups -OCH3 is 1. The highest BCUT2D eigenvalue weighted by molar-refractivity contribution is 6.58. The molecule has 0 bridgehead atoms. The van der Waals surface area contributed by atoms with Gasteiger partial charge in [-0.1, -0.05) is 18.2 Å². The molecule has 0 radical (unpaired) electrons. The standard InChI is InChI=1S/C16H15BN2O3.CH2O2/c1-22-16-5-3-11(17(20)21)9-12(16)10-2-4-15-13(8-10)14(18)6-7-19-15;2-1-3/h2-9,20-21H,1H3,(H2,18,19);1H,(H,2,3). The smallest absolute Gasteiger partial charge is 0.488 e. The third kappa shape index (κ3) is 4.06. The number of aromatic nitrogens is 1. The molecule has 0 aliphatic carbocycles. The van der Waals surface area contributed by atoms with Gasteiger partial charge in [0.05, 0.1) is 12.6 Å². The molecule has 0 saturated heterocycles. The van der Waals surface area contributed by atoms with E-state index in [1.165, 1.54) is 0 Å². The molecule has 25 heavy (non-hydrogen) atoms. The molecule has 0 fully saturated rings. The van der Waals surface area contributed by atoms with E-state index in [-0.39, 0.29) is 6.47 Å². The number of carbonyl (C=O) groups is 1. The Labute approximate surface area is 144 Å². The van der Waals surface area contributed by atoms with Gasteiger partial charge >= 0.3 is 7.12 Å². The highest BCUT2D eigenvalue weighted by atomic mass is 16.5. The summed E-state index contributed by atoms with van der Waals surface area (Å²) in [6.45, 7) is -0.250. The van der Waals surface area contributed by atoms with Crippen LogP contribution in [0.1, 0.15) is 0 Å². The number of anilines is 1. The second-order valence-corrected chi connectivity index (χ2v) is 5.07. The Balaban J connectivity index is 0.000000701. The fourth-order valence-corrected chi connectivity index (χ4v) is 2.45. The number of nitrogens with two attached hydrogens (primary N) is 1. The number of pyridine rings is 1. The topological polar surface area (TPSA) is 126 Å². The van der Waals surface area contributed by atoms with Crippen molar-refractivity contribution >= 4 is 35.6 Å². The number of carboxylic acid groups (broad SMARTS) is 1. The third-order valence-electron chi connectivity index (χ3n) is 3.61. The quantitative estimate of drug-likeness (QED) is 0.412. The number of nitrogen functional groups attached to an aromatic ring is 1. The minimum atomic E-state index is -1.53. The summed E-state index contributed by atoms with van der Waals surface area (Å²) in [4.78, 5) is 12.6. The zero-order chi connectivity index (χ0) is 18.4. The number of hydrogen-bond acceptors (Lipinski definition) is 6. The van der Waals surface area contributed by atoms with Crippen molar-refractivity contribution in [3.8, 4) is 16.9 Å². The van der Waals surface area contributed by atoms with Crippen LogP contribution in [0.2, 0.25) is 0 Å². The summed E-state index contributed by atoms with van der Waals surface area (Å²) in [7, 11) is 0.0436. The summed E-state index contributed by atoms with van der Waals surface area (Å²) < 4.78 is 5.37. The minimum absolute atomic E-state index is 0.250. The normalized spacial score (nSPS) is 9.88. The predicted octanol–water partition coefficient (Wildman–Crippen LogP) is 0.873. The maximum atomic E-state index is 9.36. The molecule has 0 aliphatic rings. The van der Waals surface area contributed by atoms with Crippen molar-refractivity contribution < 1.29 is 24.7 Å². The van der Waals surface area contributed by atoms with E-state index in [4.69, 9.17) is 20.4 Å². The maximum absolute atomic E-state index is 9.36. The van der Waals surface area contributed by atoms with Crippen LogP contribution in [0, 0.1) is 0 Å². The van der Waals surface area contributed by atoms with Crippen LogP contribution in [-0.2, 0) is 4.79 Å². The number of benzene rings is 2. The van der Waals surface area contributed by atoms with Gasteiger partial charge in [-0.2, -0.15) is 0 Å². The van der Waals surface area contributed by atoms with Crippen molar-refractivity contribution in [1.82, 2.24) is 4.98 Å². The average Bonchev–Trinajstić information content (AvgIpc) is 2.62. The number of hydrogen-bond donors (Lipinski definition) is 4. The van der Waals surface area contributed by atoms with Crippen LogP contribution in [-0.4, -0.2) is 40.8 Å². The van der Waals surface area contributed by atoms with Gasteiger partial charge in [0, 0.05) is 22.8 Å². The summed E-state index contributed by atoms with van der Waals surface area (Å²) in [5, 5.41) is 26.5. The van der Waals surface area contributed by atoms with Crippen LogP contribution in [0.3, 0.4) is 0 Å². The minimum Gasteiger partial charge on any atom is -0.496 e. The van der Waals surface area contributed by atoms with E-state index in [2.05, 4.69) is 4.98 Å². The Morgan fingerprint density at radius 3 is 2.52 bits per heavy atom. The Morgan fingerprint density at radius 2 is 1.88 bits per heavy atom. The summed E-state index contributed by atoms with van der Waals surface area (Å²) in [6.07, 6.45) is 1.67. The van der Waals surface area contributed by atoms with Gasteiger partial charge in [0.15, 0.2) is 0 Å². The van der Waals surface area contributed by atoms with Crippen molar-refractivity contribution in [2.45, 2.75) is 0 Å². The zero-order valence-electron chi connectivity index (χ0n) is 13.5. The first-order valence-electron chi connectivity index (χ1n) is 7.28. The summed E-state index contributed by atoms with van der Waals surface area (Å²) in [5.41, 5.74) is 9.48. The molecule has 1 heterocycles. The van der Waals surface area contributed by atoms with E-state index < -0.39 is 7.12 Å². The number of nitrogens with zero attached hydrogens (tertiary/aromatic N) is 1. The summed E-state index contributed by atoms with van der Waals surface area (Å²) in [6, 6.07) is 12.5. The molecule has 3 rings (SSSR count). The molecule has 1 aromatic heterocycles. The van der Waals surface area contributed by atoms with Crippen LogP contribution in [0.15, 0.2) is 48.7 Å². The zero-order valence-corrected chi connectivity index (χ0v) is 13.5. The first kappa shape index (κ1) is 18.2. The van der Waals surface area contributed by atoms with Crippen molar-refractivity contribution in [3.05, 3.63) is 48.7 Å². The van der Waals surface area contributed by atoms with Gasteiger partial charge in [0.2, 0.25) is 0 Å². The molecule has 0 saturated carbocycles. The van der Waals surface area contributed by atoms with E-state index >= 15 is 0 Å². The molecular weight excluding hydrogens is 323 g/mol. The van der Waals surface area contributed by atoms with E-state index in [1.807, 2.05) is 18.2 Å². The van der Waals surface area contributed by atoms with Crippen LogP contribution < -0.4 is 15.9 Å². The van der Waals surface area contributed by atoms with Crippen molar-refractivity contribution in [2.75, 3.05) is 12.8 Å². The summed E-state index contributed by atoms with van der Waals surface area (Å²) in [5.74, 6) is 0.645. The Hall–Kier alpha value is -3.10. The Bertz CT molecular complexity index is 886. The van der Waals surface area contributed by atoms with Crippen LogP contribution >= 0.6 is 0 Å². The highest BCUT2D eigenvalue weighted by Gasteiger charge is 2.15. The molecule has 0 spiro atoms. The van der Waals surface area contributed by atoms with Gasteiger partial charge in [0.1, 0.15) is 5.75 Å². The van der Waals surface area contributed by atoms with Gasteiger partial charge in [-0.05, 0) is 35.3 Å². The number of ether oxygens (including phenoxy) is 1. The number of rotatable bonds is 3. The van der Waals surface area contributed by atoms with Crippen molar-refractivity contribution in [1.29, 1.82) is 0 Å². The lowest BCUT2D eigenvalue weighted by molar-refractivity contribution is -0.122. The van der Waals surface area contributed by atoms with E-state index in [0.29, 0.717) is 16.9 Å². The second kappa shape index (κ2) is 8.14. The molecule has 3 aromatic rings. The fourth-order valence-electron chi connectivity index (χ4n) is 2.45. The van der Waals surface area contributed by atoms with Crippen molar-refractivity contribution in [2.24, 2.45) is 0 Å². The second-order valence-electron chi connectivity index (χ2n) is 5.07. The van der Waals surface area contributed by atoms with Crippen LogP contribution in [0.4, 0.5) is 5.69 Å². The van der Waals surface area contributed by atoms with E-state index in [9.17, 15) is 10.0 Å². The van der Waals surface area contributed by atoms with Gasteiger partial charge in [-0.25, -0.2) is 0 Å². The lowest BCUT2D eigenvalue weighted by Gasteiger charge is -2.12. The lowest BCUT2D eigenvalue weighted by Crippen LogP contribution is -2.29. The summed E-state index contributed by atoms with van der Waals surface area (Å²) >= 11 is 0. The highest BCUT2D eigenvalue weighted by Crippen LogP contribution is 2.32. The molecule has 0 aliphatic heterocycles. The van der Waals surface area contributed by atoms with Gasteiger partial charge in [-0.15, -0.1) is 0 Å². The fraction of sp³-hybridized carbons (Fsp3) is 0.0588. The molecule has 0 atom stereocenters. The van der Waals surface area contributed by atoms with Gasteiger partial charge in [-0.3, -0.25) is 9.78 Å². The van der Waals surface area contributed by atoms with Crippen LogP contribution in [0.25, 0.3) is 22.0 Å². The molecule has 0 unspecified atom stereocenters. The Kier molecular flexibility index (Phi) is 5.94. The lowest BCUT2D eigenvalue weighted by atomic mass is 9.79. The molecular formula is C17H17BN2O5.